The molecule has 0 aromatic carbocycles. The number of unbranched alkanes of at least 4 members (excludes halogenated alkanes) is 2. The zero-order valence-corrected chi connectivity index (χ0v) is 10.2. The normalized spacial score (nSPS) is 31.7. The van der Waals surface area contributed by atoms with Gasteiger partial charge in [-0.15, -0.1) is 0 Å². The van der Waals surface area contributed by atoms with E-state index in [0.29, 0.717) is 0 Å². The molecular weight excluding hydrogens is 212 g/mol. The lowest BCUT2D eigenvalue weighted by Gasteiger charge is -2.45. The first-order valence-corrected chi connectivity index (χ1v) is 7.52. The van der Waals surface area contributed by atoms with Gasteiger partial charge in [0.1, 0.15) is 10.9 Å². The van der Waals surface area contributed by atoms with E-state index in [2.05, 4.69) is 6.92 Å². The van der Waals surface area contributed by atoms with Crippen molar-refractivity contribution in [3.8, 4) is 0 Å². The number of rotatable bonds is 4. The van der Waals surface area contributed by atoms with Crippen LogP contribution >= 0.6 is 0 Å². The zero-order chi connectivity index (χ0) is 10.9. The third-order valence-corrected chi connectivity index (χ3v) is 5.66. The van der Waals surface area contributed by atoms with Gasteiger partial charge in [0, 0.05) is 0 Å². The van der Waals surface area contributed by atoms with E-state index >= 15 is 0 Å². The molecule has 1 spiro atoms. The second kappa shape index (κ2) is 4.06. The predicted octanol–water partition coefficient (Wildman–Crippen LogP) is 2.61. The van der Waals surface area contributed by atoms with Crippen LogP contribution in [0.3, 0.4) is 0 Å². The zero-order valence-electron chi connectivity index (χ0n) is 9.37. The lowest BCUT2D eigenvalue weighted by atomic mass is 9.93. The van der Waals surface area contributed by atoms with E-state index in [1.807, 2.05) is 0 Å². The highest BCUT2D eigenvalue weighted by atomic mass is 32.2. The van der Waals surface area contributed by atoms with Gasteiger partial charge in [0.15, 0.2) is 0 Å². The van der Waals surface area contributed by atoms with Gasteiger partial charge in [0.05, 0.1) is 0 Å². The van der Waals surface area contributed by atoms with E-state index in [-0.39, 0.29) is 10.9 Å². The monoisotopic (exact) mass is 232 g/mol. The molecule has 2 rings (SSSR count). The summed E-state index contributed by atoms with van der Waals surface area (Å²) in [5, 5.41) is -0.195. The summed E-state index contributed by atoms with van der Waals surface area (Å²) in [4.78, 5) is 0. The molecule has 1 atom stereocenters. The van der Waals surface area contributed by atoms with Crippen LogP contribution in [0, 0.1) is 0 Å². The first kappa shape index (κ1) is 11.4. The average molecular weight is 232 g/mol. The van der Waals surface area contributed by atoms with Crippen LogP contribution < -0.4 is 0 Å². The molecule has 0 radical (unpaired) electrons. The quantitative estimate of drug-likeness (QED) is 0.553. The molecule has 0 N–H and O–H groups in total. The van der Waals surface area contributed by atoms with E-state index in [1.165, 1.54) is 0 Å². The van der Waals surface area contributed by atoms with Gasteiger partial charge in [-0.3, -0.25) is 4.18 Å². The smallest absolute Gasteiger partial charge is 0.262 e. The minimum atomic E-state index is -3.19. The van der Waals surface area contributed by atoms with Crippen LogP contribution in [-0.2, 0) is 14.3 Å². The third-order valence-electron chi connectivity index (χ3n) is 3.74. The Hall–Kier alpha value is -0.0900. The average Bonchev–Trinajstić information content (AvgIpc) is 2.61. The lowest BCUT2D eigenvalue weighted by molar-refractivity contribution is 0.0188. The van der Waals surface area contributed by atoms with Crippen molar-refractivity contribution in [2.24, 2.45) is 0 Å². The van der Waals surface area contributed by atoms with E-state index < -0.39 is 10.1 Å². The van der Waals surface area contributed by atoms with Gasteiger partial charge in [0.25, 0.3) is 10.1 Å². The summed E-state index contributed by atoms with van der Waals surface area (Å²) in [5.74, 6) is 0. The fourth-order valence-corrected chi connectivity index (χ4v) is 4.91. The van der Waals surface area contributed by atoms with Crippen molar-refractivity contribution in [1.82, 2.24) is 0 Å². The van der Waals surface area contributed by atoms with Crippen LogP contribution in [0.15, 0.2) is 0 Å². The Morgan fingerprint density at radius 3 is 2.47 bits per heavy atom. The topological polar surface area (TPSA) is 43.4 Å². The van der Waals surface area contributed by atoms with E-state index in [9.17, 15) is 8.42 Å². The van der Waals surface area contributed by atoms with Crippen LogP contribution in [0.1, 0.15) is 58.3 Å². The van der Waals surface area contributed by atoms with E-state index in [1.54, 1.807) is 0 Å². The first-order chi connectivity index (χ1) is 7.11. The van der Waals surface area contributed by atoms with Crippen LogP contribution in [-0.4, -0.2) is 19.3 Å². The molecule has 1 unspecified atom stereocenters. The van der Waals surface area contributed by atoms with Gasteiger partial charge < -0.3 is 0 Å². The molecule has 3 nitrogen and oxygen atoms in total. The Morgan fingerprint density at radius 1 is 1.27 bits per heavy atom. The fraction of sp³-hybridized carbons (Fsp3) is 1.00. The van der Waals surface area contributed by atoms with Crippen molar-refractivity contribution in [3.63, 3.8) is 0 Å². The highest BCUT2D eigenvalue weighted by molar-refractivity contribution is 7.88. The molecule has 1 saturated heterocycles. The maximum absolute atomic E-state index is 11.6. The van der Waals surface area contributed by atoms with Gasteiger partial charge >= 0.3 is 0 Å². The molecule has 15 heavy (non-hydrogen) atoms. The first-order valence-electron chi connectivity index (χ1n) is 6.05. The van der Waals surface area contributed by atoms with Crippen LogP contribution in [0.2, 0.25) is 0 Å². The molecule has 88 valence electrons. The lowest BCUT2D eigenvalue weighted by Crippen LogP contribution is -2.59. The van der Waals surface area contributed by atoms with Crippen molar-refractivity contribution in [2.45, 2.75) is 69.1 Å². The molecule has 2 aliphatic rings. The fourth-order valence-electron chi connectivity index (χ4n) is 2.93. The van der Waals surface area contributed by atoms with Crippen molar-refractivity contribution in [3.05, 3.63) is 0 Å². The summed E-state index contributed by atoms with van der Waals surface area (Å²) in [6.45, 7) is 2.14. The highest BCUT2D eigenvalue weighted by Crippen LogP contribution is 2.49. The number of hydrogen-bond acceptors (Lipinski definition) is 3. The summed E-state index contributed by atoms with van der Waals surface area (Å²) in [6.07, 6.45) is 8.23. The molecule has 0 amide bonds. The molecule has 2 fully saturated rings. The van der Waals surface area contributed by atoms with Gasteiger partial charge in [-0.25, -0.2) is 0 Å². The molecule has 0 aromatic rings. The second-order valence-electron chi connectivity index (χ2n) is 4.83. The molecule has 1 aliphatic heterocycles. The Kier molecular flexibility index (Phi) is 3.08. The SMILES string of the molecule is CCCCCC1C2(CCCC2)OS1(=O)=O. The Labute approximate surface area is 92.3 Å². The van der Waals surface area contributed by atoms with Crippen molar-refractivity contribution >= 4 is 10.1 Å². The van der Waals surface area contributed by atoms with Crippen LogP contribution in [0.25, 0.3) is 0 Å². The minimum absolute atomic E-state index is 0.195. The molecule has 1 aliphatic carbocycles. The van der Waals surface area contributed by atoms with Gasteiger partial charge in [-0.05, 0) is 19.3 Å². The maximum Gasteiger partial charge on any atom is 0.273 e. The summed E-state index contributed by atoms with van der Waals surface area (Å²) in [6, 6.07) is 0. The van der Waals surface area contributed by atoms with Crippen LogP contribution in [0.4, 0.5) is 0 Å². The summed E-state index contributed by atoms with van der Waals surface area (Å²) in [5.41, 5.74) is -0.271. The Bertz CT molecular complexity index is 315. The summed E-state index contributed by atoms with van der Waals surface area (Å²) in [7, 11) is -3.19. The number of hydrogen-bond donors (Lipinski definition) is 0. The predicted molar refractivity (Wildman–Crippen MR) is 59.1 cm³/mol. The summed E-state index contributed by atoms with van der Waals surface area (Å²) >= 11 is 0. The van der Waals surface area contributed by atoms with Crippen LogP contribution in [0.5, 0.6) is 0 Å². The third kappa shape index (κ3) is 1.94. The van der Waals surface area contributed by atoms with Gasteiger partial charge in [0.2, 0.25) is 0 Å². The minimum Gasteiger partial charge on any atom is -0.262 e. The molecule has 1 saturated carbocycles. The standard InChI is InChI=1S/C11H20O3S/c1-2-3-4-7-10-11(8-5-6-9-11)14-15(10,12)13/h10H,2-9H2,1H3. The highest BCUT2D eigenvalue weighted by Gasteiger charge is 2.60. The molecule has 1 heterocycles. The Balaban J connectivity index is 1.98. The van der Waals surface area contributed by atoms with Crippen molar-refractivity contribution < 1.29 is 12.6 Å². The van der Waals surface area contributed by atoms with E-state index in [4.69, 9.17) is 4.18 Å². The largest absolute Gasteiger partial charge is 0.273 e. The molecule has 4 heteroatoms. The van der Waals surface area contributed by atoms with Crippen molar-refractivity contribution in [1.29, 1.82) is 0 Å². The Morgan fingerprint density at radius 2 is 1.93 bits per heavy atom. The maximum atomic E-state index is 11.6. The van der Waals surface area contributed by atoms with Gasteiger partial charge in [-0.1, -0.05) is 39.0 Å². The summed E-state index contributed by atoms with van der Waals surface area (Å²) < 4.78 is 28.3. The second-order valence-corrected chi connectivity index (χ2v) is 6.55. The molecular formula is C11H20O3S. The van der Waals surface area contributed by atoms with Gasteiger partial charge in [-0.2, -0.15) is 8.42 Å². The molecule has 0 bridgehead atoms. The van der Waals surface area contributed by atoms with E-state index in [0.717, 1.165) is 51.4 Å². The molecule has 0 aromatic heterocycles. The van der Waals surface area contributed by atoms with Crippen molar-refractivity contribution in [2.75, 3.05) is 0 Å².